The minimum absolute atomic E-state index is 0.0542. The number of halogens is 2. The summed E-state index contributed by atoms with van der Waals surface area (Å²) in [4.78, 5) is 0. The Bertz CT molecular complexity index is 642. The summed E-state index contributed by atoms with van der Waals surface area (Å²) in [7, 11) is 0. The molecule has 0 saturated carbocycles. The van der Waals surface area contributed by atoms with Gasteiger partial charge in [0.1, 0.15) is 11.6 Å². The highest BCUT2D eigenvalue weighted by Crippen LogP contribution is 2.13. The van der Waals surface area contributed by atoms with Gasteiger partial charge >= 0.3 is 0 Å². The van der Waals surface area contributed by atoms with Crippen molar-refractivity contribution in [2.24, 2.45) is 10.9 Å². The molecule has 0 bridgehead atoms. The Hall–Kier alpha value is -2.47. The molecule has 0 atom stereocenters. The topological polar surface area (TPSA) is 70.6 Å². The van der Waals surface area contributed by atoms with Crippen molar-refractivity contribution in [2.45, 2.75) is 13.1 Å². The van der Waals surface area contributed by atoms with Crippen LogP contribution in [-0.2, 0) is 13.1 Å². The van der Waals surface area contributed by atoms with Crippen LogP contribution >= 0.6 is 0 Å². The summed E-state index contributed by atoms with van der Waals surface area (Å²) in [6.07, 6.45) is 0. The van der Waals surface area contributed by atoms with Gasteiger partial charge in [0, 0.05) is 18.7 Å². The molecule has 0 unspecified atom stereocenters. The maximum absolute atomic E-state index is 14.1. The monoisotopic (exact) mass is 291 g/mol. The number of benzene rings is 2. The van der Waals surface area contributed by atoms with Crippen molar-refractivity contribution in [2.75, 3.05) is 0 Å². The van der Waals surface area contributed by atoms with Gasteiger partial charge < -0.3 is 16.3 Å². The third-order valence-electron chi connectivity index (χ3n) is 3.02. The first-order valence-corrected chi connectivity index (χ1v) is 6.32. The molecule has 0 saturated heterocycles. The van der Waals surface area contributed by atoms with Gasteiger partial charge in [-0.15, -0.1) is 0 Å². The molecule has 0 amide bonds. The van der Waals surface area contributed by atoms with Crippen molar-refractivity contribution in [1.82, 2.24) is 5.32 Å². The Kier molecular flexibility index (Phi) is 4.84. The van der Waals surface area contributed by atoms with E-state index in [0.717, 1.165) is 5.56 Å². The Morgan fingerprint density at radius 2 is 1.81 bits per heavy atom. The minimum Gasteiger partial charge on any atom is -0.409 e. The first-order valence-electron chi connectivity index (χ1n) is 6.32. The van der Waals surface area contributed by atoms with Gasteiger partial charge in [-0.3, -0.25) is 0 Å². The summed E-state index contributed by atoms with van der Waals surface area (Å²) < 4.78 is 26.9. The lowest BCUT2D eigenvalue weighted by Gasteiger charge is -2.09. The largest absolute Gasteiger partial charge is 0.409 e. The molecule has 110 valence electrons. The fraction of sp³-hybridized carbons (Fsp3) is 0.133. The van der Waals surface area contributed by atoms with Crippen LogP contribution in [0.5, 0.6) is 0 Å². The zero-order valence-electron chi connectivity index (χ0n) is 11.2. The van der Waals surface area contributed by atoms with Gasteiger partial charge in [0.25, 0.3) is 0 Å². The van der Waals surface area contributed by atoms with Crippen LogP contribution in [0.15, 0.2) is 47.6 Å². The van der Waals surface area contributed by atoms with Gasteiger partial charge in [-0.25, -0.2) is 8.78 Å². The molecule has 0 fully saturated rings. The van der Waals surface area contributed by atoms with Gasteiger partial charge in [0.15, 0.2) is 5.84 Å². The van der Waals surface area contributed by atoms with E-state index in [4.69, 9.17) is 10.9 Å². The second-order valence-electron chi connectivity index (χ2n) is 4.49. The number of hydrogen-bond donors (Lipinski definition) is 3. The zero-order chi connectivity index (χ0) is 15.2. The van der Waals surface area contributed by atoms with E-state index < -0.39 is 5.82 Å². The second-order valence-corrected chi connectivity index (χ2v) is 4.49. The van der Waals surface area contributed by atoms with Crippen molar-refractivity contribution in [3.05, 3.63) is 70.8 Å². The van der Waals surface area contributed by atoms with Crippen molar-refractivity contribution in [3.63, 3.8) is 0 Å². The average Bonchev–Trinajstić information content (AvgIpc) is 2.50. The van der Waals surface area contributed by atoms with Crippen LogP contribution in [0.3, 0.4) is 0 Å². The first-order chi connectivity index (χ1) is 10.1. The smallest absolute Gasteiger partial charge is 0.173 e. The Morgan fingerprint density at radius 3 is 2.48 bits per heavy atom. The molecule has 0 radical (unpaired) electrons. The number of oxime groups is 1. The summed E-state index contributed by atoms with van der Waals surface area (Å²) in [6, 6.07) is 10.7. The molecule has 0 spiro atoms. The van der Waals surface area contributed by atoms with Crippen LogP contribution in [0.4, 0.5) is 8.78 Å². The number of hydrogen-bond acceptors (Lipinski definition) is 3. The van der Waals surface area contributed by atoms with E-state index in [-0.39, 0.29) is 23.8 Å². The summed E-state index contributed by atoms with van der Waals surface area (Å²) in [5, 5.41) is 14.5. The fourth-order valence-electron chi connectivity index (χ4n) is 1.91. The van der Waals surface area contributed by atoms with E-state index in [1.807, 2.05) is 0 Å². The van der Waals surface area contributed by atoms with Gasteiger partial charge in [0.2, 0.25) is 0 Å². The zero-order valence-corrected chi connectivity index (χ0v) is 11.2. The second kappa shape index (κ2) is 6.81. The summed E-state index contributed by atoms with van der Waals surface area (Å²) in [5.74, 6) is -1.09. The Morgan fingerprint density at radius 1 is 1.10 bits per heavy atom. The highest BCUT2D eigenvalue weighted by Gasteiger charge is 2.11. The molecule has 0 aromatic heterocycles. The van der Waals surface area contributed by atoms with Crippen molar-refractivity contribution in [1.29, 1.82) is 0 Å². The fourth-order valence-corrected chi connectivity index (χ4v) is 1.91. The normalized spacial score (nSPS) is 11.6. The highest BCUT2D eigenvalue weighted by molar-refractivity contribution is 5.97. The van der Waals surface area contributed by atoms with E-state index in [2.05, 4.69) is 10.5 Å². The lowest BCUT2D eigenvalue weighted by atomic mass is 10.1. The third-order valence-corrected chi connectivity index (χ3v) is 3.02. The quantitative estimate of drug-likeness (QED) is 0.343. The minimum atomic E-state index is -0.528. The number of rotatable bonds is 5. The Labute approximate surface area is 120 Å². The molecule has 0 heterocycles. The molecular formula is C15H15F2N3O. The number of nitrogens with zero attached hydrogens (tertiary/aromatic N) is 1. The molecule has 2 aromatic rings. The Balaban J connectivity index is 2.02. The number of amidine groups is 1. The van der Waals surface area contributed by atoms with Crippen LogP contribution in [0.2, 0.25) is 0 Å². The molecule has 2 aromatic carbocycles. The molecule has 4 N–H and O–H groups in total. The van der Waals surface area contributed by atoms with Crippen LogP contribution in [-0.4, -0.2) is 11.0 Å². The molecule has 2 rings (SSSR count). The van der Waals surface area contributed by atoms with Crippen molar-refractivity contribution < 1.29 is 14.0 Å². The van der Waals surface area contributed by atoms with Gasteiger partial charge in [-0.1, -0.05) is 29.4 Å². The van der Waals surface area contributed by atoms with E-state index in [1.54, 1.807) is 24.3 Å². The molecular weight excluding hydrogens is 276 g/mol. The predicted octanol–water partition coefficient (Wildman–Crippen LogP) is 2.35. The van der Waals surface area contributed by atoms with Crippen LogP contribution < -0.4 is 11.1 Å². The molecule has 0 aliphatic rings. The maximum Gasteiger partial charge on any atom is 0.173 e. The predicted molar refractivity (Wildman–Crippen MR) is 75.9 cm³/mol. The van der Waals surface area contributed by atoms with Gasteiger partial charge in [-0.05, 0) is 23.8 Å². The van der Waals surface area contributed by atoms with Gasteiger partial charge in [0.05, 0.1) is 5.56 Å². The SMILES string of the molecule is N/C(=N/O)c1cccc(CNCc2ccc(F)cc2)c1F. The van der Waals surface area contributed by atoms with E-state index in [9.17, 15) is 8.78 Å². The average molecular weight is 291 g/mol. The molecule has 0 aliphatic carbocycles. The van der Waals surface area contributed by atoms with Crippen LogP contribution in [0.1, 0.15) is 16.7 Å². The molecule has 0 aliphatic heterocycles. The summed E-state index contributed by atoms with van der Waals surface area (Å²) in [6.45, 7) is 0.753. The maximum atomic E-state index is 14.1. The van der Waals surface area contributed by atoms with Crippen molar-refractivity contribution >= 4 is 5.84 Å². The summed E-state index contributed by atoms with van der Waals surface area (Å²) >= 11 is 0. The highest BCUT2D eigenvalue weighted by atomic mass is 19.1. The van der Waals surface area contributed by atoms with Crippen LogP contribution in [0.25, 0.3) is 0 Å². The van der Waals surface area contributed by atoms with E-state index in [0.29, 0.717) is 12.1 Å². The summed E-state index contributed by atoms with van der Waals surface area (Å²) in [5.41, 5.74) is 6.75. The molecule has 6 heteroatoms. The van der Waals surface area contributed by atoms with Crippen molar-refractivity contribution in [3.8, 4) is 0 Å². The van der Waals surface area contributed by atoms with E-state index in [1.165, 1.54) is 18.2 Å². The number of nitrogens with two attached hydrogens (primary N) is 1. The third kappa shape index (κ3) is 3.76. The standard InChI is InChI=1S/C15H15F2N3O/c16-12-6-4-10(5-7-12)8-19-9-11-2-1-3-13(14(11)17)15(18)20-21/h1-7,19,21H,8-9H2,(H2,18,20). The van der Waals surface area contributed by atoms with E-state index >= 15 is 0 Å². The lowest BCUT2D eigenvalue weighted by Crippen LogP contribution is -2.18. The van der Waals surface area contributed by atoms with Crippen LogP contribution in [0, 0.1) is 11.6 Å². The first kappa shape index (κ1) is 14.9. The van der Waals surface area contributed by atoms with Gasteiger partial charge in [-0.2, -0.15) is 0 Å². The molecule has 4 nitrogen and oxygen atoms in total. The molecule has 21 heavy (non-hydrogen) atoms. The number of nitrogens with one attached hydrogen (secondary N) is 1. The lowest BCUT2D eigenvalue weighted by molar-refractivity contribution is 0.318.